The van der Waals surface area contributed by atoms with Gasteiger partial charge in [0.15, 0.2) is 0 Å². The summed E-state index contributed by atoms with van der Waals surface area (Å²) in [5.74, 6) is 1.88. The van der Waals surface area contributed by atoms with Gasteiger partial charge in [0.2, 0.25) is 11.0 Å². The number of nitrogens with one attached hydrogen (secondary N) is 1. The summed E-state index contributed by atoms with van der Waals surface area (Å²) in [6, 6.07) is 2.01. The van der Waals surface area contributed by atoms with Crippen molar-refractivity contribution in [1.29, 1.82) is 0 Å². The smallest absolute Gasteiger partial charge is 0.254 e. The number of fused-ring (bicyclic) bond motifs is 1. The van der Waals surface area contributed by atoms with E-state index in [0.29, 0.717) is 16.8 Å². The maximum absolute atomic E-state index is 12.6. The average molecular weight is 386 g/mol. The number of nitrogens with zero attached hydrogens (tertiary/aromatic N) is 7. The summed E-state index contributed by atoms with van der Waals surface area (Å²) in [6.07, 6.45) is 3.07. The summed E-state index contributed by atoms with van der Waals surface area (Å²) in [5, 5.41) is 16.9. The van der Waals surface area contributed by atoms with E-state index in [1.165, 1.54) is 17.7 Å². The van der Waals surface area contributed by atoms with Crippen LogP contribution in [0.25, 0.3) is 5.78 Å². The lowest BCUT2D eigenvalue weighted by atomic mass is 9.96. The van der Waals surface area contributed by atoms with Crippen LogP contribution in [0.2, 0.25) is 0 Å². The van der Waals surface area contributed by atoms with Crippen LogP contribution in [0, 0.1) is 12.8 Å². The van der Waals surface area contributed by atoms with Crippen molar-refractivity contribution < 1.29 is 4.79 Å². The lowest BCUT2D eigenvalue weighted by Crippen LogP contribution is -2.39. The Balaban J connectivity index is 1.40. The molecule has 0 aromatic carbocycles. The molecule has 4 heterocycles. The van der Waals surface area contributed by atoms with Crippen LogP contribution in [0.3, 0.4) is 0 Å². The second-order valence-electron chi connectivity index (χ2n) is 7.08. The monoisotopic (exact) mass is 386 g/mol. The fraction of sp³-hybridized carbons (Fsp3) is 0.529. The second kappa shape index (κ2) is 7.18. The topological polar surface area (TPSA) is 101 Å². The predicted molar refractivity (Wildman–Crippen MR) is 103 cm³/mol. The van der Waals surface area contributed by atoms with E-state index < -0.39 is 0 Å². The molecule has 0 aliphatic carbocycles. The van der Waals surface area contributed by atoms with Crippen molar-refractivity contribution in [2.24, 2.45) is 5.92 Å². The van der Waals surface area contributed by atoms with E-state index in [1.807, 2.05) is 13.0 Å². The van der Waals surface area contributed by atoms with Gasteiger partial charge in [-0.3, -0.25) is 4.79 Å². The number of carbonyl (C=O) groups is 1. The molecule has 1 saturated heterocycles. The zero-order valence-corrected chi connectivity index (χ0v) is 16.4. The molecule has 1 fully saturated rings. The number of anilines is 2. The van der Waals surface area contributed by atoms with Gasteiger partial charge >= 0.3 is 0 Å². The van der Waals surface area contributed by atoms with E-state index in [2.05, 4.69) is 49.3 Å². The van der Waals surface area contributed by atoms with Crippen molar-refractivity contribution in [2.45, 2.75) is 39.5 Å². The molecule has 3 aromatic rings. The number of aryl methyl sites for hydroxylation is 1. The van der Waals surface area contributed by atoms with Gasteiger partial charge in [0.25, 0.3) is 5.78 Å². The normalized spacial score (nSPS) is 15.6. The number of aromatic nitrogens is 6. The Kier molecular flexibility index (Phi) is 4.73. The van der Waals surface area contributed by atoms with Crippen molar-refractivity contribution in [2.75, 3.05) is 23.3 Å². The summed E-state index contributed by atoms with van der Waals surface area (Å²) in [4.78, 5) is 23.4. The first-order valence-corrected chi connectivity index (χ1v) is 9.89. The molecule has 9 nitrogen and oxygen atoms in total. The number of piperidine rings is 1. The van der Waals surface area contributed by atoms with E-state index >= 15 is 0 Å². The second-order valence-corrected chi connectivity index (χ2v) is 8.09. The maximum Gasteiger partial charge on any atom is 0.254 e. The minimum Gasteiger partial charge on any atom is -0.356 e. The van der Waals surface area contributed by atoms with Gasteiger partial charge in [0, 0.05) is 36.7 Å². The molecule has 142 valence electrons. The van der Waals surface area contributed by atoms with Crippen LogP contribution in [0.5, 0.6) is 0 Å². The lowest BCUT2D eigenvalue weighted by Gasteiger charge is -2.32. The number of amides is 1. The largest absolute Gasteiger partial charge is 0.356 e. The zero-order valence-electron chi connectivity index (χ0n) is 15.6. The van der Waals surface area contributed by atoms with Crippen molar-refractivity contribution in [1.82, 2.24) is 29.8 Å². The van der Waals surface area contributed by atoms with Crippen LogP contribution in [0.1, 0.15) is 43.3 Å². The van der Waals surface area contributed by atoms with Crippen LogP contribution < -0.4 is 10.2 Å². The first kappa shape index (κ1) is 17.8. The molecule has 10 heteroatoms. The van der Waals surface area contributed by atoms with Gasteiger partial charge in [-0.1, -0.05) is 25.2 Å². The van der Waals surface area contributed by atoms with Gasteiger partial charge in [0.1, 0.15) is 17.2 Å². The molecule has 0 atom stereocenters. The van der Waals surface area contributed by atoms with E-state index in [0.717, 1.165) is 42.5 Å². The van der Waals surface area contributed by atoms with Gasteiger partial charge in [0.05, 0.1) is 0 Å². The molecule has 27 heavy (non-hydrogen) atoms. The van der Waals surface area contributed by atoms with Gasteiger partial charge in [-0.05, 0) is 19.8 Å². The summed E-state index contributed by atoms with van der Waals surface area (Å²) in [7, 11) is 0. The van der Waals surface area contributed by atoms with Crippen molar-refractivity contribution in [3.05, 3.63) is 23.1 Å². The van der Waals surface area contributed by atoms with Crippen LogP contribution in [-0.4, -0.2) is 48.8 Å². The molecule has 1 aliphatic rings. The van der Waals surface area contributed by atoms with Crippen LogP contribution in [0.15, 0.2) is 12.4 Å². The Morgan fingerprint density at radius 3 is 2.78 bits per heavy atom. The Labute approximate surface area is 160 Å². The highest BCUT2D eigenvalue weighted by Crippen LogP contribution is 2.26. The molecule has 3 aromatic heterocycles. The third kappa shape index (κ3) is 3.61. The van der Waals surface area contributed by atoms with E-state index in [4.69, 9.17) is 0 Å². The Morgan fingerprint density at radius 1 is 1.30 bits per heavy atom. The third-order valence-corrected chi connectivity index (χ3v) is 5.85. The van der Waals surface area contributed by atoms with Crippen LogP contribution in [0.4, 0.5) is 10.9 Å². The Hall–Kier alpha value is -2.62. The maximum atomic E-state index is 12.6. The quantitative estimate of drug-likeness (QED) is 0.734. The first-order valence-electron chi connectivity index (χ1n) is 9.08. The highest BCUT2D eigenvalue weighted by atomic mass is 32.1. The molecule has 1 N–H and O–H groups in total. The summed E-state index contributed by atoms with van der Waals surface area (Å²) < 4.78 is 1.75. The number of rotatable bonds is 4. The fourth-order valence-electron chi connectivity index (χ4n) is 3.23. The molecular formula is C17H22N8OS. The van der Waals surface area contributed by atoms with Gasteiger partial charge in [-0.15, -0.1) is 10.2 Å². The molecule has 4 rings (SSSR count). The Bertz CT molecular complexity index is 957. The van der Waals surface area contributed by atoms with Crippen LogP contribution >= 0.6 is 11.3 Å². The summed E-state index contributed by atoms with van der Waals surface area (Å²) in [6.45, 7) is 7.64. The predicted octanol–water partition coefficient (Wildman–Crippen LogP) is 2.26. The highest BCUT2D eigenvalue weighted by molar-refractivity contribution is 7.15. The average Bonchev–Trinajstić information content (AvgIpc) is 3.30. The van der Waals surface area contributed by atoms with Crippen molar-refractivity contribution in [3.63, 3.8) is 0 Å². The SMILES string of the molecule is Cc1cc(N2CCC(C(=O)Nc3nnc(C(C)C)s3)CC2)n2ncnc2n1. The van der Waals surface area contributed by atoms with Crippen molar-refractivity contribution >= 4 is 34.0 Å². The fourth-order valence-corrected chi connectivity index (χ4v) is 3.98. The number of carbonyl (C=O) groups excluding carboxylic acids is 1. The lowest BCUT2D eigenvalue weighted by molar-refractivity contribution is -0.120. The number of hydrogen-bond donors (Lipinski definition) is 1. The molecule has 0 radical (unpaired) electrons. The minimum atomic E-state index is -0.0261. The summed E-state index contributed by atoms with van der Waals surface area (Å²) >= 11 is 1.44. The standard InChI is InChI=1S/C17H22N8OS/c1-10(2)15-22-23-17(27-15)21-14(26)12-4-6-24(7-5-12)13-8-11(3)20-16-18-9-19-25(13)16/h8-10,12H,4-7H2,1-3H3,(H,21,23,26). The molecule has 1 amide bonds. The Morgan fingerprint density at radius 2 is 2.07 bits per heavy atom. The minimum absolute atomic E-state index is 0.0258. The molecular weight excluding hydrogens is 364 g/mol. The molecule has 1 aliphatic heterocycles. The van der Waals surface area contributed by atoms with E-state index in [1.54, 1.807) is 4.52 Å². The number of hydrogen-bond acceptors (Lipinski definition) is 8. The van der Waals surface area contributed by atoms with Crippen molar-refractivity contribution in [3.8, 4) is 0 Å². The van der Waals surface area contributed by atoms with Crippen LogP contribution in [-0.2, 0) is 4.79 Å². The molecule has 0 bridgehead atoms. The molecule has 0 unspecified atom stereocenters. The highest BCUT2D eigenvalue weighted by Gasteiger charge is 2.27. The van der Waals surface area contributed by atoms with Gasteiger partial charge < -0.3 is 10.2 Å². The summed E-state index contributed by atoms with van der Waals surface area (Å²) in [5.41, 5.74) is 0.905. The molecule has 0 saturated carbocycles. The van der Waals surface area contributed by atoms with E-state index in [-0.39, 0.29) is 11.8 Å². The zero-order chi connectivity index (χ0) is 19.0. The van der Waals surface area contributed by atoms with Gasteiger partial charge in [-0.25, -0.2) is 4.98 Å². The third-order valence-electron chi connectivity index (χ3n) is 4.72. The van der Waals surface area contributed by atoms with Gasteiger partial charge in [-0.2, -0.15) is 14.6 Å². The molecule has 0 spiro atoms. The first-order chi connectivity index (χ1) is 13.0. The van der Waals surface area contributed by atoms with E-state index in [9.17, 15) is 4.79 Å².